The van der Waals surface area contributed by atoms with Gasteiger partial charge in [-0.25, -0.2) is 4.98 Å². The number of amides is 1. The van der Waals surface area contributed by atoms with E-state index < -0.39 is 11.8 Å². The van der Waals surface area contributed by atoms with Crippen molar-refractivity contribution in [2.75, 3.05) is 0 Å². The Hall–Kier alpha value is -3.03. The quantitative estimate of drug-likeness (QED) is 0.718. The molecule has 28 heavy (non-hydrogen) atoms. The highest BCUT2D eigenvalue weighted by Gasteiger charge is 2.45. The van der Waals surface area contributed by atoms with Crippen molar-refractivity contribution in [2.45, 2.75) is 37.6 Å². The fourth-order valence-corrected chi connectivity index (χ4v) is 3.59. The molecule has 0 aliphatic heterocycles. The van der Waals surface area contributed by atoms with E-state index in [0.717, 1.165) is 17.5 Å². The summed E-state index contributed by atoms with van der Waals surface area (Å²) in [7, 11) is 0. The van der Waals surface area contributed by atoms with Crippen molar-refractivity contribution in [1.82, 2.24) is 14.7 Å². The van der Waals surface area contributed by atoms with Crippen LogP contribution >= 0.6 is 0 Å². The summed E-state index contributed by atoms with van der Waals surface area (Å²) in [6, 6.07) is 9.52. The highest BCUT2D eigenvalue weighted by Crippen LogP contribution is 2.45. The maximum atomic E-state index is 12.9. The van der Waals surface area contributed by atoms with Gasteiger partial charge in [0.05, 0.1) is 23.5 Å². The van der Waals surface area contributed by atoms with Crippen LogP contribution in [0.2, 0.25) is 0 Å². The van der Waals surface area contributed by atoms with Crippen LogP contribution in [0.3, 0.4) is 0 Å². The summed E-state index contributed by atoms with van der Waals surface area (Å²) in [5.41, 5.74) is 1.59. The zero-order valence-electron chi connectivity index (χ0n) is 14.9. The number of fused-ring (bicyclic) bond motifs is 1. The largest absolute Gasteiger partial charge is 0.573 e. The molecular weight excluding hydrogens is 371 g/mol. The zero-order chi connectivity index (χ0) is 19.8. The minimum atomic E-state index is -4.76. The molecule has 1 amide bonds. The molecule has 1 aliphatic rings. The van der Waals surface area contributed by atoms with Crippen molar-refractivity contribution in [3.8, 4) is 5.75 Å². The summed E-state index contributed by atoms with van der Waals surface area (Å²) < 4.78 is 43.4. The van der Waals surface area contributed by atoms with Gasteiger partial charge in [-0.3, -0.25) is 4.79 Å². The van der Waals surface area contributed by atoms with Crippen LogP contribution < -0.4 is 10.1 Å². The Labute approximate surface area is 159 Å². The second-order valence-electron chi connectivity index (χ2n) is 6.96. The van der Waals surface area contributed by atoms with Gasteiger partial charge in [-0.2, -0.15) is 0 Å². The maximum Gasteiger partial charge on any atom is 0.573 e. The second kappa shape index (κ2) is 6.85. The molecule has 1 saturated carbocycles. The number of nitrogens with one attached hydrogen (secondary N) is 1. The van der Waals surface area contributed by atoms with Crippen molar-refractivity contribution in [3.05, 3.63) is 66.2 Å². The van der Waals surface area contributed by atoms with Gasteiger partial charge in [0, 0.05) is 12.7 Å². The number of benzene rings is 1. The SMILES string of the molecule is O=C(NCc1ccc2cncn2c1)C1(c2cccc(OC(F)(F)F)c2)CCC1. The van der Waals surface area contributed by atoms with E-state index in [0.29, 0.717) is 24.9 Å². The predicted octanol–water partition coefficient (Wildman–Crippen LogP) is 3.97. The van der Waals surface area contributed by atoms with Crippen LogP contribution in [0.5, 0.6) is 5.75 Å². The van der Waals surface area contributed by atoms with Gasteiger partial charge in [0.1, 0.15) is 5.75 Å². The molecule has 0 unspecified atom stereocenters. The van der Waals surface area contributed by atoms with Crippen molar-refractivity contribution < 1.29 is 22.7 Å². The molecule has 4 rings (SSSR count). The first-order valence-corrected chi connectivity index (χ1v) is 8.91. The number of carbonyl (C=O) groups excluding carboxylic acids is 1. The lowest BCUT2D eigenvalue weighted by Gasteiger charge is -2.40. The van der Waals surface area contributed by atoms with Crippen LogP contribution in [-0.2, 0) is 16.8 Å². The van der Waals surface area contributed by atoms with Crippen LogP contribution in [0.25, 0.3) is 5.52 Å². The molecular formula is C20H18F3N3O2. The molecule has 146 valence electrons. The van der Waals surface area contributed by atoms with E-state index in [1.54, 1.807) is 18.6 Å². The topological polar surface area (TPSA) is 55.6 Å². The third-order valence-corrected chi connectivity index (χ3v) is 5.18. The molecule has 3 aromatic rings. The minimum absolute atomic E-state index is 0.186. The zero-order valence-corrected chi connectivity index (χ0v) is 14.9. The number of hydrogen-bond donors (Lipinski definition) is 1. The van der Waals surface area contributed by atoms with Crippen LogP contribution in [0, 0.1) is 0 Å². The van der Waals surface area contributed by atoms with Crippen molar-refractivity contribution in [3.63, 3.8) is 0 Å². The standard InChI is InChI=1S/C20H18F3N3O2/c21-20(22,23)28-17-4-1-3-15(9-17)19(7-2-8-19)18(27)25-10-14-5-6-16-11-24-13-26(16)12-14/h1,3-6,9,11-13H,2,7-8,10H2,(H,25,27). The molecule has 0 radical (unpaired) electrons. The van der Waals surface area contributed by atoms with Crippen LogP contribution in [0.1, 0.15) is 30.4 Å². The van der Waals surface area contributed by atoms with E-state index >= 15 is 0 Å². The highest BCUT2D eigenvalue weighted by molar-refractivity contribution is 5.89. The Morgan fingerprint density at radius 2 is 2.07 bits per heavy atom. The molecule has 1 aliphatic carbocycles. The molecule has 2 aromatic heterocycles. The number of imidazole rings is 1. The number of alkyl halides is 3. The molecule has 0 spiro atoms. The Bertz CT molecular complexity index is 1010. The number of aromatic nitrogens is 2. The number of nitrogens with zero attached hydrogens (tertiary/aromatic N) is 2. The summed E-state index contributed by atoms with van der Waals surface area (Å²) in [5.74, 6) is -0.497. The average Bonchev–Trinajstić information content (AvgIpc) is 3.05. The Balaban J connectivity index is 1.50. The van der Waals surface area contributed by atoms with E-state index in [4.69, 9.17) is 0 Å². The monoisotopic (exact) mass is 389 g/mol. The van der Waals surface area contributed by atoms with Gasteiger partial charge < -0.3 is 14.5 Å². The molecule has 1 aromatic carbocycles. The van der Waals surface area contributed by atoms with Gasteiger partial charge in [-0.05, 0) is 42.2 Å². The van der Waals surface area contributed by atoms with Gasteiger partial charge in [0.2, 0.25) is 5.91 Å². The normalized spacial score (nSPS) is 15.8. The van der Waals surface area contributed by atoms with Gasteiger partial charge >= 0.3 is 6.36 Å². The lowest BCUT2D eigenvalue weighted by atomic mass is 9.63. The van der Waals surface area contributed by atoms with Gasteiger partial charge in [-0.1, -0.05) is 24.6 Å². The van der Waals surface area contributed by atoms with Crippen molar-refractivity contribution in [1.29, 1.82) is 0 Å². The molecule has 0 atom stereocenters. The summed E-state index contributed by atoms with van der Waals surface area (Å²) in [5, 5.41) is 2.93. The molecule has 8 heteroatoms. The minimum Gasteiger partial charge on any atom is -0.406 e. The molecule has 2 heterocycles. The smallest absolute Gasteiger partial charge is 0.406 e. The second-order valence-corrected chi connectivity index (χ2v) is 6.96. The third-order valence-electron chi connectivity index (χ3n) is 5.18. The van der Waals surface area contributed by atoms with Gasteiger partial charge in [0.25, 0.3) is 0 Å². The summed E-state index contributed by atoms with van der Waals surface area (Å²) >= 11 is 0. The number of hydrogen-bond acceptors (Lipinski definition) is 3. The molecule has 5 nitrogen and oxygen atoms in total. The van der Waals surface area contributed by atoms with Crippen molar-refractivity contribution in [2.24, 2.45) is 0 Å². The number of pyridine rings is 1. The van der Waals surface area contributed by atoms with E-state index in [9.17, 15) is 18.0 Å². The van der Waals surface area contributed by atoms with E-state index in [2.05, 4.69) is 15.0 Å². The van der Waals surface area contributed by atoms with E-state index in [1.165, 1.54) is 18.2 Å². The van der Waals surface area contributed by atoms with Gasteiger partial charge in [-0.15, -0.1) is 13.2 Å². The van der Waals surface area contributed by atoms with Crippen molar-refractivity contribution >= 4 is 11.4 Å². The average molecular weight is 389 g/mol. The Morgan fingerprint density at radius 3 is 2.79 bits per heavy atom. The van der Waals surface area contributed by atoms with E-state index in [1.807, 2.05) is 22.7 Å². The molecule has 1 fully saturated rings. The Morgan fingerprint density at radius 1 is 1.25 bits per heavy atom. The summed E-state index contributed by atoms with van der Waals surface area (Å²) in [4.78, 5) is 17.0. The maximum absolute atomic E-state index is 12.9. The van der Waals surface area contributed by atoms with E-state index in [-0.39, 0.29) is 11.7 Å². The first-order chi connectivity index (χ1) is 13.4. The third kappa shape index (κ3) is 3.54. The van der Waals surface area contributed by atoms with Crippen LogP contribution in [0.4, 0.5) is 13.2 Å². The lowest BCUT2D eigenvalue weighted by Crippen LogP contribution is -2.49. The molecule has 0 saturated heterocycles. The summed E-state index contributed by atoms with van der Waals surface area (Å²) in [6.07, 6.45) is 2.57. The number of rotatable bonds is 5. The first kappa shape index (κ1) is 18.3. The first-order valence-electron chi connectivity index (χ1n) is 8.91. The lowest BCUT2D eigenvalue weighted by molar-refractivity contribution is -0.274. The number of ether oxygens (including phenoxy) is 1. The number of halogens is 3. The van der Waals surface area contributed by atoms with Crippen LogP contribution in [-0.4, -0.2) is 21.7 Å². The summed E-state index contributed by atoms with van der Waals surface area (Å²) in [6.45, 7) is 0.327. The highest BCUT2D eigenvalue weighted by atomic mass is 19.4. The molecule has 1 N–H and O–H groups in total. The van der Waals surface area contributed by atoms with Gasteiger partial charge in [0.15, 0.2) is 0 Å². The predicted molar refractivity (Wildman–Crippen MR) is 95.7 cm³/mol. The fraction of sp³-hybridized carbons (Fsp3) is 0.300. The molecule has 0 bridgehead atoms. The number of carbonyl (C=O) groups is 1. The Kier molecular flexibility index (Phi) is 4.49. The fourth-order valence-electron chi connectivity index (χ4n) is 3.59. The van der Waals surface area contributed by atoms with Crippen LogP contribution in [0.15, 0.2) is 55.1 Å².